The molecule has 18 heavy (non-hydrogen) atoms. The average molecular weight is 270 g/mol. The van der Waals surface area contributed by atoms with Crippen LogP contribution < -0.4 is 10.0 Å². The second-order valence-corrected chi connectivity index (χ2v) is 6.68. The molecule has 0 unspecified atom stereocenters. The summed E-state index contributed by atoms with van der Waals surface area (Å²) in [6.07, 6.45) is 1.06. The summed E-state index contributed by atoms with van der Waals surface area (Å²) in [5.74, 6) is 0.627. The van der Waals surface area contributed by atoms with Crippen LogP contribution in [0.4, 0.5) is 5.69 Å². The third-order valence-corrected chi connectivity index (χ3v) is 4.24. The van der Waals surface area contributed by atoms with Crippen molar-refractivity contribution in [2.75, 3.05) is 18.9 Å². The zero-order valence-corrected chi connectivity index (χ0v) is 12.3. The lowest BCUT2D eigenvalue weighted by Gasteiger charge is -2.12. The minimum atomic E-state index is -3.37. The summed E-state index contributed by atoms with van der Waals surface area (Å²) in [7, 11) is -1.95. The summed E-state index contributed by atoms with van der Waals surface area (Å²) >= 11 is 0. The third kappa shape index (κ3) is 3.99. The van der Waals surface area contributed by atoms with Crippen LogP contribution >= 0.6 is 0 Å². The molecule has 0 fully saturated rings. The molecule has 0 saturated carbocycles. The molecule has 0 spiro atoms. The lowest BCUT2D eigenvalue weighted by atomic mass is 10.1. The summed E-state index contributed by atoms with van der Waals surface area (Å²) in [6, 6.07) is 5.12. The summed E-state index contributed by atoms with van der Waals surface area (Å²) in [5, 5.41) is 3.29. The third-order valence-electron chi connectivity index (χ3n) is 2.83. The Morgan fingerprint density at radius 1 is 1.28 bits per heavy atom. The largest absolute Gasteiger partial charge is 0.385 e. The van der Waals surface area contributed by atoms with E-state index in [1.54, 1.807) is 12.1 Å². The zero-order valence-electron chi connectivity index (χ0n) is 11.4. The van der Waals surface area contributed by atoms with Crippen LogP contribution in [0.3, 0.4) is 0 Å². The van der Waals surface area contributed by atoms with Crippen molar-refractivity contribution < 1.29 is 8.42 Å². The first-order chi connectivity index (χ1) is 8.36. The number of rotatable bonds is 6. The highest BCUT2D eigenvalue weighted by Crippen LogP contribution is 2.20. The average Bonchev–Trinajstić information content (AvgIpc) is 2.31. The Kier molecular flexibility index (Phi) is 5.16. The molecule has 102 valence electrons. The topological polar surface area (TPSA) is 58.2 Å². The van der Waals surface area contributed by atoms with Crippen LogP contribution in [0.25, 0.3) is 0 Å². The number of nitrogens with one attached hydrogen (secondary N) is 2. The van der Waals surface area contributed by atoms with E-state index in [1.165, 1.54) is 7.05 Å². The molecule has 0 radical (unpaired) electrons. The number of anilines is 1. The Morgan fingerprint density at radius 3 is 2.50 bits per heavy atom. The van der Waals surface area contributed by atoms with E-state index in [4.69, 9.17) is 0 Å². The normalized spacial score (nSPS) is 11.8. The second-order valence-electron chi connectivity index (χ2n) is 4.79. The summed E-state index contributed by atoms with van der Waals surface area (Å²) < 4.78 is 25.7. The van der Waals surface area contributed by atoms with Gasteiger partial charge in [-0.15, -0.1) is 0 Å². The molecular formula is C13H22N2O2S. The van der Waals surface area contributed by atoms with E-state index in [9.17, 15) is 8.42 Å². The first kappa shape index (κ1) is 15.0. The minimum absolute atomic E-state index is 0.294. The minimum Gasteiger partial charge on any atom is -0.385 e. The number of hydrogen-bond acceptors (Lipinski definition) is 3. The molecule has 4 nitrogen and oxygen atoms in total. The van der Waals surface area contributed by atoms with Gasteiger partial charge < -0.3 is 5.32 Å². The van der Waals surface area contributed by atoms with Crippen LogP contribution in [0.2, 0.25) is 0 Å². The van der Waals surface area contributed by atoms with Crippen molar-refractivity contribution in [2.45, 2.75) is 32.1 Å². The molecule has 1 aromatic rings. The van der Waals surface area contributed by atoms with Crippen molar-refractivity contribution in [3.63, 3.8) is 0 Å². The van der Waals surface area contributed by atoms with Crippen LogP contribution in [0.1, 0.15) is 25.8 Å². The highest BCUT2D eigenvalue weighted by atomic mass is 32.2. The smallest absolute Gasteiger partial charge is 0.240 e. The predicted octanol–water partition coefficient (Wildman–Crippen LogP) is 2.36. The fourth-order valence-electron chi connectivity index (χ4n) is 1.57. The van der Waals surface area contributed by atoms with Crippen LogP contribution in [0.15, 0.2) is 23.1 Å². The molecule has 0 amide bonds. The van der Waals surface area contributed by atoms with Crippen molar-refractivity contribution in [3.05, 3.63) is 23.8 Å². The van der Waals surface area contributed by atoms with E-state index in [0.29, 0.717) is 10.8 Å². The van der Waals surface area contributed by atoms with Crippen molar-refractivity contribution in [3.8, 4) is 0 Å². The summed E-state index contributed by atoms with van der Waals surface area (Å²) in [6.45, 7) is 7.14. The SMILES string of the molecule is CNS(=O)(=O)c1ccc(C)c(NCCC(C)C)c1. The van der Waals surface area contributed by atoms with Gasteiger partial charge in [-0.25, -0.2) is 13.1 Å². The Hall–Kier alpha value is -1.07. The highest BCUT2D eigenvalue weighted by molar-refractivity contribution is 7.89. The first-order valence-electron chi connectivity index (χ1n) is 6.15. The Bertz CT molecular complexity index is 496. The molecule has 0 aromatic heterocycles. The van der Waals surface area contributed by atoms with Gasteiger partial charge in [0.2, 0.25) is 10.0 Å². The molecule has 1 aromatic carbocycles. The molecule has 0 bridgehead atoms. The van der Waals surface area contributed by atoms with Crippen LogP contribution in [-0.2, 0) is 10.0 Å². The quantitative estimate of drug-likeness (QED) is 0.834. The second kappa shape index (κ2) is 6.20. The molecule has 0 atom stereocenters. The zero-order chi connectivity index (χ0) is 13.8. The van der Waals surface area contributed by atoms with Gasteiger partial charge >= 0.3 is 0 Å². The lowest BCUT2D eigenvalue weighted by molar-refractivity contribution is 0.588. The standard InChI is InChI=1S/C13H22N2O2S/c1-10(2)7-8-15-13-9-12(6-5-11(13)3)18(16,17)14-4/h5-6,9-10,14-15H,7-8H2,1-4H3. The van der Waals surface area contributed by atoms with Gasteiger partial charge in [0.25, 0.3) is 0 Å². The van der Waals surface area contributed by atoms with Crippen molar-refractivity contribution >= 4 is 15.7 Å². The van der Waals surface area contributed by atoms with Crippen LogP contribution in [0.5, 0.6) is 0 Å². The van der Waals surface area contributed by atoms with E-state index in [2.05, 4.69) is 23.9 Å². The maximum atomic E-state index is 11.7. The fraction of sp³-hybridized carbons (Fsp3) is 0.538. The molecule has 1 rings (SSSR count). The van der Waals surface area contributed by atoms with Gasteiger partial charge in [0.1, 0.15) is 0 Å². The number of hydrogen-bond donors (Lipinski definition) is 2. The molecule has 0 heterocycles. The van der Waals surface area contributed by atoms with Gasteiger partial charge in [-0.1, -0.05) is 19.9 Å². The highest BCUT2D eigenvalue weighted by Gasteiger charge is 2.12. The Balaban J connectivity index is 2.88. The van der Waals surface area contributed by atoms with Crippen molar-refractivity contribution in [1.82, 2.24) is 4.72 Å². The van der Waals surface area contributed by atoms with E-state index in [1.807, 2.05) is 13.0 Å². The van der Waals surface area contributed by atoms with Gasteiger partial charge in [-0.3, -0.25) is 0 Å². The number of sulfonamides is 1. The van der Waals surface area contributed by atoms with Gasteiger partial charge in [0.15, 0.2) is 0 Å². The molecule has 0 saturated heterocycles. The van der Waals surface area contributed by atoms with Crippen molar-refractivity contribution in [2.24, 2.45) is 5.92 Å². The Labute approximate surface area is 110 Å². The van der Waals surface area contributed by atoms with E-state index >= 15 is 0 Å². The first-order valence-corrected chi connectivity index (χ1v) is 7.63. The Morgan fingerprint density at radius 2 is 1.94 bits per heavy atom. The van der Waals surface area contributed by atoms with Gasteiger partial charge in [-0.05, 0) is 44.0 Å². The molecule has 0 aliphatic rings. The predicted molar refractivity (Wildman–Crippen MR) is 75.4 cm³/mol. The van der Waals surface area contributed by atoms with Gasteiger partial charge in [0.05, 0.1) is 4.90 Å². The summed E-state index contributed by atoms with van der Waals surface area (Å²) in [4.78, 5) is 0.294. The van der Waals surface area contributed by atoms with E-state index in [-0.39, 0.29) is 0 Å². The van der Waals surface area contributed by atoms with Crippen molar-refractivity contribution in [1.29, 1.82) is 0 Å². The molecule has 0 aliphatic carbocycles. The van der Waals surface area contributed by atoms with Crippen LogP contribution in [-0.4, -0.2) is 22.0 Å². The maximum absolute atomic E-state index is 11.7. The van der Waals surface area contributed by atoms with Crippen LogP contribution in [0, 0.1) is 12.8 Å². The monoisotopic (exact) mass is 270 g/mol. The summed E-state index contributed by atoms with van der Waals surface area (Å²) in [5.41, 5.74) is 1.93. The molecule has 0 aliphatic heterocycles. The fourth-order valence-corrected chi connectivity index (χ4v) is 2.33. The lowest BCUT2D eigenvalue weighted by Crippen LogP contribution is -2.19. The van der Waals surface area contributed by atoms with Gasteiger partial charge in [-0.2, -0.15) is 0 Å². The molecule has 2 N–H and O–H groups in total. The number of aryl methyl sites for hydroxylation is 1. The molecular weight excluding hydrogens is 248 g/mol. The maximum Gasteiger partial charge on any atom is 0.240 e. The number of benzene rings is 1. The molecule has 5 heteroatoms. The van der Waals surface area contributed by atoms with Gasteiger partial charge in [0, 0.05) is 12.2 Å². The van der Waals surface area contributed by atoms with E-state index in [0.717, 1.165) is 24.2 Å². The van der Waals surface area contributed by atoms with E-state index < -0.39 is 10.0 Å².